The molecule has 2 aliphatic heterocycles. The van der Waals surface area contributed by atoms with E-state index in [-0.39, 0.29) is 42.7 Å². The number of amides is 1. The van der Waals surface area contributed by atoms with Crippen molar-refractivity contribution in [2.45, 2.75) is 32.1 Å². The minimum Gasteiger partial charge on any atom is -0.466 e. The molecule has 6 nitrogen and oxygen atoms in total. The van der Waals surface area contributed by atoms with Crippen LogP contribution >= 0.6 is 0 Å². The van der Waals surface area contributed by atoms with Crippen molar-refractivity contribution >= 4 is 11.9 Å². The van der Waals surface area contributed by atoms with Gasteiger partial charge < -0.3 is 19.1 Å². The van der Waals surface area contributed by atoms with E-state index in [2.05, 4.69) is 0 Å². The quantitative estimate of drug-likeness (QED) is 0.649. The van der Waals surface area contributed by atoms with Gasteiger partial charge in [0.1, 0.15) is 5.82 Å². The summed E-state index contributed by atoms with van der Waals surface area (Å²) in [7, 11) is 0. The molecule has 1 amide bonds. The van der Waals surface area contributed by atoms with E-state index in [0.717, 1.165) is 18.4 Å². The van der Waals surface area contributed by atoms with Gasteiger partial charge in [-0.15, -0.1) is 0 Å². The number of likely N-dealkylation sites (tertiary alicyclic amines) is 1. The molecule has 31 heavy (non-hydrogen) atoms. The zero-order valence-corrected chi connectivity index (χ0v) is 17.5. The summed E-state index contributed by atoms with van der Waals surface area (Å²) in [4.78, 5) is 27.0. The third kappa shape index (κ3) is 4.81. The molecule has 1 saturated heterocycles. The zero-order valence-electron chi connectivity index (χ0n) is 17.5. The van der Waals surface area contributed by atoms with Gasteiger partial charge in [0.25, 0.3) is 5.91 Å². The molecule has 0 spiro atoms. The molecule has 0 radical (unpaired) electrons. The van der Waals surface area contributed by atoms with Crippen LogP contribution in [0.2, 0.25) is 0 Å². The summed E-state index contributed by atoms with van der Waals surface area (Å²) < 4.78 is 29.3. The number of rotatable bonds is 6. The number of fused-ring (bicyclic) bond motifs is 1. The second-order valence-electron chi connectivity index (χ2n) is 7.86. The second kappa shape index (κ2) is 9.37. The molecule has 2 aliphatic rings. The minimum atomic E-state index is -0.303. The third-order valence-corrected chi connectivity index (χ3v) is 6.01. The van der Waals surface area contributed by atoms with Crippen molar-refractivity contribution in [2.75, 3.05) is 26.5 Å². The molecule has 0 aliphatic carbocycles. The zero-order chi connectivity index (χ0) is 21.8. The first-order chi connectivity index (χ1) is 15.0. The Bertz CT molecular complexity index is 937. The standard InChI is InChI=1S/C24H26FNO5/c1-2-29-23(27)14-20(16-3-6-19(25)7-4-16)17-9-11-26(12-10-17)24(28)18-5-8-21-22(13-18)31-15-30-21/h3-8,13,17,20H,2,9-12,14-15H2,1H3/t20-/m0/s1. The van der Waals surface area contributed by atoms with E-state index in [1.54, 1.807) is 37.3 Å². The van der Waals surface area contributed by atoms with E-state index in [0.29, 0.717) is 36.8 Å². The molecule has 2 aromatic carbocycles. The lowest BCUT2D eigenvalue weighted by Gasteiger charge is -2.36. The molecule has 7 heteroatoms. The van der Waals surface area contributed by atoms with Gasteiger partial charge in [-0.05, 0) is 67.5 Å². The second-order valence-corrected chi connectivity index (χ2v) is 7.86. The summed E-state index contributed by atoms with van der Waals surface area (Å²) in [5, 5.41) is 0. The van der Waals surface area contributed by atoms with E-state index in [4.69, 9.17) is 14.2 Å². The molecule has 4 rings (SSSR count). The monoisotopic (exact) mass is 427 g/mol. The van der Waals surface area contributed by atoms with Crippen molar-refractivity contribution < 1.29 is 28.2 Å². The first kappa shape index (κ1) is 21.2. The van der Waals surface area contributed by atoms with E-state index >= 15 is 0 Å². The highest BCUT2D eigenvalue weighted by Crippen LogP contribution is 2.37. The number of carbonyl (C=O) groups is 2. The SMILES string of the molecule is CCOC(=O)C[C@@H](c1ccc(F)cc1)C1CCN(C(=O)c2ccc3c(c2)OCO3)CC1. The lowest BCUT2D eigenvalue weighted by molar-refractivity contribution is -0.144. The van der Waals surface area contributed by atoms with Gasteiger partial charge >= 0.3 is 5.97 Å². The Morgan fingerprint density at radius 2 is 1.81 bits per heavy atom. The van der Waals surface area contributed by atoms with Crippen LogP contribution in [-0.4, -0.2) is 43.3 Å². The van der Waals surface area contributed by atoms with Crippen LogP contribution in [0, 0.1) is 11.7 Å². The van der Waals surface area contributed by atoms with Crippen LogP contribution in [0.3, 0.4) is 0 Å². The maximum Gasteiger partial charge on any atom is 0.306 e. The summed E-state index contributed by atoms with van der Waals surface area (Å²) in [5.74, 6) is 0.778. The van der Waals surface area contributed by atoms with E-state index in [9.17, 15) is 14.0 Å². The molecule has 0 unspecified atom stereocenters. The van der Waals surface area contributed by atoms with E-state index in [1.807, 2.05) is 4.90 Å². The van der Waals surface area contributed by atoms with Crippen LogP contribution < -0.4 is 9.47 Å². The van der Waals surface area contributed by atoms with E-state index in [1.165, 1.54) is 12.1 Å². The van der Waals surface area contributed by atoms with Gasteiger partial charge in [-0.2, -0.15) is 0 Å². The summed E-state index contributed by atoms with van der Waals surface area (Å²) in [6, 6.07) is 11.6. The molecule has 0 bridgehead atoms. The van der Waals surface area contributed by atoms with Crippen molar-refractivity contribution in [1.82, 2.24) is 4.90 Å². The van der Waals surface area contributed by atoms with Gasteiger partial charge in [0, 0.05) is 18.7 Å². The summed E-state index contributed by atoms with van der Waals surface area (Å²) in [5.41, 5.74) is 1.50. The number of hydrogen-bond donors (Lipinski definition) is 0. The maximum absolute atomic E-state index is 13.4. The molecule has 0 aromatic heterocycles. The number of hydrogen-bond acceptors (Lipinski definition) is 5. The Morgan fingerprint density at radius 1 is 1.10 bits per heavy atom. The van der Waals surface area contributed by atoms with Crippen molar-refractivity contribution in [1.29, 1.82) is 0 Å². The van der Waals surface area contributed by atoms with Crippen LogP contribution in [0.5, 0.6) is 11.5 Å². The molecule has 0 N–H and O–H groups in total. The molecule has 2 heterocycles. The largest absolute Gasteiger partial charge is 0.466 e. The predicted octanol–water partition coefficient (Wildman–Crippen LogP) is 4.14. The normalized spacial score (nSPS) is 16.8. The third-order valence-electron chi connectivity index (χ3n) is 6.01. The number of nitrogens with zero attached hydrogens (tertiary/aromatic N) is 1. The molecule has 0 saturated carbocycles. The fourth-order valence-electron chi connectivity index (χ4n) is 4.38. The van der Waals surface area contributed by atoms with Crippen LogP contribution in [-0.2, 0) is 9.53 Å². The number of carbonyl (C=O) groups excluding carboxylic acids is 2. The van der Waals surface area contributed by atoms with E-state index < -0.39 is 0 Å². The van der Waals surface area contributed by atoms with Gasteiger partial charge in [-0.25, -0.2) is 4.39 Å². The number of halogens is 1. The first-order valence-corrected chi connectivity index (χ1v) is 10.6. The van der Waals surface area contributed by atoms with Crippen LogP contribution in [0.15, 0.2) is 42.5 Å². The fourth-order valence-corrected chi connectivity index (χ4v) is 4.38. The van der Waals surface area contributed by atoms with Gasteiger partial charge in [0.05, 0.1) is 13.0 Å². The first-order valence-electron chi connectivity index (χ1n) is 10.6. The number of ether oxygens (including phenoxy) is 3. The Kier molecular flexibility index (Phi) is 6.39. The number of benzene rings is 2. The highest BCUT2D eigenvalue weighted by atomic mass is 19.1. The smallest absolute Gasteiger partial charge is 0.306 e. The predicted molar refractivity (Wildman–Crippen MR) is 112 cm³/mol. The van der Waals surface area contributed by atoms with Crippen LogP contribution in [0.1, 0.15) is 48.0 Å². The van der Waals surface area contributed by atoms with Gasteiger partial charge in [-0.3, -0.25) is 9.59 Å². The maximum atomic E-state index is 13.4. The Hall–Kier alpha value is -3.09. The Balaban J connectivity index is 1.43. The van der Waals surface area contributed by atoms with Crippen molar-refractivity contribution in [3.05, 3.63) is 59.4 Å². The summed E-state index contributed by atoms with van der Waals surface area (Å²) in [6.45, 7) is 3.48. The number of piperidine rings is 1. The van der Waals surface area contributed by atoms with Crippen molar-refractivity contribution in [2.24, 2.45) is 5.92 Å². The molecule has 164 valence electrons. The minimum absolute atomic E-state index is 0.0412. The summed E-state index contributed by atoms with van der Waals surface area (Å²) >= 11 is 0. The Morgan fingerprint density at radius 3 is 2.52 bits per heavy atom. The fraction of sp³-hybridized carbons (Fsp3) is 0.417. The van der Waals surface area contributed by atoms with Crippen molar-refractivity contribution in [3.8, 4) is 11.5 Å². The number of esters is 1. The molecule has 1 atom stereocenters. The molecular formula is C24H26FNO5. The lowest BCUT2D eigenvalue weighted by atomic mass is 9.78. The molecule has 1 fully saturated rings. The highest BCUT2D eigenvalue weighted by molar-refractivity contribution is 5.95. The Labute approximate surface area is 180 Å². The topological polar surface area (TPSA) is 65.1 Å². The highest BCUT2D eigenvalue weighted by Gasteiger charge is 2.32. The lowest BCUT2D eigenvalue weighted by Crippen LogP contribution is -2.40. The van der Waals surface area contributed by atoms with Crippen molar-refractivity contribution in [3.63, 3.8) is 0 Å². The molecular weight excluding hydrogens is 401 g/mol. The van der Waals surface area contributed by atoms with Gasteiger partial charge in [0.15, 0.2) is 11.5 Å². The summed E-state index contributed by atoms with van der Waals surface area (Å²) in [6.07, 6.45) is 1.77. The van der Waals surface area contributed by atoms with Gasteiger partial charge in [0.2, 0.25) is 6.79 Å². The molecule has 2 aromatic rings. The van der Waals surface area contributed by atoms with Crippen LogP contribution in [0.25, 0.3) is 0 Å². The average Bonchev–Trinajstić information content (AvgIpc) is 3.26. The van der Waals surface area contributed by atoms with Crippen LogP contribution in [0.4, 0.5) is 4.39 Å². The van der Waals surface area contributed by atoms with Gasteiger partial charge in [-0.1, -0.05) is 12.1 Å². The average molecular weight is 427 g/mol.